The number of amides is 1. The quantitative estimate of drug-likeness (QED) is 0.656. The first-order chi connectivity index (χ1) is 16.0. The van der Waals surface area contributed by atoms with Crippen molar-refractivity contribution in [2.24, 2.45) is 0 Å². The molecule has 172 valence electrons. The standard InChI is InChI=1S/C25H26N2O5S/c1-4-31-18-9-7-17(8-10-18)25(29)15-33-24-20(14-26)19(13-23(28)27(24)25)16-6-11-21(32-5-2)22(12-16)30-3/h6-12,19,29H,4-5,13,15H2,1-3H3/t19-,25-/m0/s1. The SMILES string of the molecule is CCOc1ccc([C@@]2(O)CSC3=C(C#N)[C@H](c4ccc(OCC)c(OC)c4)CC(=O)N32)cc1. The zero-order valence-corrected chi connectivity index (χ0v) is 19.6. The number of carbonyl (C=O) groups excluding carboxylic acids is 1. The van der Waals surface area contributed by atoms with Crippen molar-refractivity contribution in [2.45, 2.75) is 31.9 Å². The van der Waals surface area contributed by atoms with Gasteiger partial charge in [0, 0.05) is 17.9 Å². The maximum Gasteiger partial charge on any atom is 0.231 e. The molecule has 1 saturated heterocycles. The fourth-order valence-electron chi connectivity index (χ4n) is 4.28. The normalized spacial score (nSPS) is 22.1. The molecule has 0 aliphatic carbocycles. The van der Waals surface area contributed by atoms with Crippen LogP contribution in [0.1, 0.15) is 37.3 Å². The molecule has 1 fully saturated rings. The number of hydrogen-bond donors (Lipinski definition) is 1. The van der Waals surface area contributed by atoms with Gasteiger partial charge in [-0.15, -0.1) is 11.8 Å². The third-order valence-electron chi connectivity index (χ3n) is 5.83. The van der Waals surface area contributed by atoms with E-state index in [9.17, 15) is 15.2 Å². The van der Waals surface area contributed by atoms with Crippen LogP contribution in [0.2, 0.25) is 0 Å². The number of fused-ring (bicyclic) bond motifs is 1. The Morgan fingerprint density at radius 2 is 1.88 bits per heavy atom. The van der Waals surface area contributed by atoms with Crippen molar-refractivity contribution in [3.05, 3.63) is 64.2 Å². The van der Waals surface area contributed by atoms with Gasteiger partial charge in [-0.1, -0.05) is 18.2 Å². The summed E-state index contributed by atoms with van der Waals surface area (Å²) in [5.41, 5.74) is 0.322. The molecular formula is C25H26N2O5S. The molecule has 2 aromatic rings. The van der Waals surface area contributed by atoms with Gasteiger partial charge >= 0.3 is 0 Å². The van der Waals surface area contributed by atoms with Crippen LogP contribution in [0.4, 0.5) is 0 Å². The average molecular weight is 467 g/mol. The molecule has 4 rings (SSSR count). The molecule has 0 spiro atoms. The van der Waals surface area contributed by atoms with Gasteiger partial charge < -0.3 is 19.3 Å². The van der Waals surface area contributed by atoms with Crippen LogP contribution in [0, 0.1) is 11.3 Å². The summed E-state index contributed by atoms with van der Waals surface area (Å²) in [7, 11) is 1.56. The predicted molar refractivity (Wildman–Crippen MR) is 125 cm³/mol. The molecule has 2 heterocycles. The molecule has 2 aromatic carbocycles. The van der Waals surface area contributed by atoms with Crippen LogP contribution in [0.25, 0.3) is 0 Å². The van der Waals surface area contributed by atoms with E-state index in [1.165, 1.54) is 16.7 Å². The van der Waals surface area contributed by atoms with E-state index in [1.54, 1.807) is 37.4 Å². The van der Waals surface area contributed by atoms with Crippen molar-refractivity contribution in [1.82, 2.24) is 4.90 Å². The van der Waals surface area contributed by atoms with Crippen LogP contribution in [0.15, 0.2) is 53.1 Å². The fraction of sp³-hybridized carbons (Fsp3) is 0.360. The number of thioether (sulfide) groups is 1. The molecule has 33 heavy (non-hydrogen) atoms. The van der Waals surface area contributed by atoms with Crippen molar-refractivity contribution >= 4 is 17.7 Å². The minimum atomic E-state index is -1.52. The molecule has 2 aliphatic rings. The number of nitriles is 1. The van der Waals surface area contributed by atoms with E-state index < -0.39 is 11.6 Å². The van der Waals surface area contributed by atoms with E-state index in [4.69, 9.17) is 14.2 Å². The zero-order valence-electron chi connectivity index (χ0n) is 18.8. The molecule has 0 aromatic heterocycles. The van der Waals surface area contributed by atoms with Crippen LogP contribution in [0.5, 0.6) is 17.2 Å². The number of nitrogens with zero attached hydrogens (tertiary/aromatic N) is 2. The van der Waals surface area contributed by atoms with E-state index in [1.807, 2.05) is 26.0 Å². The summed E-state index contributed by atoms with van der Waals surface area (Å²) in [4.78, 5) is 14.7. The van der Waals surface area contributed by atoms with Gasteiger partial charge in [-0.2, -0.15) is 5.26 Å². The Morgan fingerprint density at radius 3 is 2.52 bits per heavy atom. The number of methoxy groups -OCH3 is 1. The lowest BCUT2D eigenvalue weighted by Crippen LogP contribution is -2.48. The lowest BCUT2D eigenvalue weighted by molar-refractivity contribution is -0.149. The molecular weight excluding hydrogens is 440 g/mol. The van der Waals surface area contributed by atoms with Gasteiger partial charge in [0.05, 0.1) is 42.7 Å². The highest BCUT2D eigenvalue weighted by molar-refractivity contribution is 8.03. The molecule has 0 unspecified atom stereocenters. The van der Waals surface area contributed by atoms with Crippen molar-refractivity contribution in [3.8, 4) is 23.3 Å². The zero-order chi connectivity index (χ0) is 23.6. The van der Waals surface area contributed by atoms with E-state index >= 15 is 0 Å². The maximum atomic E-state index is 13.3. The van der Waals surface area contributed by atoms with Crippen LogP contribution < -0.4 is 14.2 Å². The average Bonchev–Trinajstić information content (AvgIpc) is 3.19. The lowest BCUT2D eigenvalue weighted by atomic mass is 9.85. The first kappa shape index (κ1) is 23.0. The first-order valence-electron chi connectivity index (χ1n) is 10.8. The Bertz CT molecular complexity index is 1120. The summed E-state index contributed by atoms with van der Waals surface area (Å²) in [6.07, 6.45) is 0.0728. The number of allylic oxidation sites excluding steroid dienone is 1. The number of benzene rings is 2. The van der Waals surface area contributed by atoms with Crippen LogP contribution in [-0.4, -0.2) is 42.0 Å². The van der Waals surface area contributed by atoms with E-state index in [0.717, 1.165) is 5.56 Å². The lowest BCUT2D eigenvalue weighted by Gasteiger charge is -2.38. The topological polar surface area (TPSA) is 92.0 Å². The minimum absolute atomic E-state index is 0.0728. The summed E-state index contributed by atoms with van der Waals surface area (Å²) < 4.78 is 16.5. The molecule has 8 heteroatoms. The first-order valence-corrected chi connectivity index (χ1v) is 11.8. The monoisotopic (exact) mass is 466 g/mol. The van der Waals surface area contributed by atoms with Crippen LogP contribution in [-0.2, 0) is 10.5 Å². The second-order valence-corrected chi connectivity index (χ2v) is 8.69. The molecule has 0 radical (unpaired) electrons. The number of carbonyl (C=O) groups is 1. The largest absolute Gasteiger partial charge is 0.494 e. The van der Waals surface area contributed by atoms with Crippen LogP contribution in [0.3, 0.4) is 0 Å². The van der Waals surface area contributed by atoms with E-state index in [2.05, 4.69) is 6.07 Å². The third kappa shape index (κ3) is 4.03. The summed E-state index contributed by atoms with van der Waals surface area (Å²) in [5, 5.41) is 22.1. The van der Waals surface area contributed by atoms with E-state index in [-0.39, 0.29) is 18.1 Å². The van der Waals surface area contributed by atoms with Gasteiger partial charge in [-0.05, 0) is 43.7 Å². The van der Waals surface area contributed by atoms with Crippen LogP contribution >= 0.6 is 11.8 Å². The molecule has 1 amide bonds. The highest BCUT2D eigenvalue weighted by Crippen LogP contribution is 2.52. The Morgan fingerprint density at radius 1 is 1.15 bits per heavy atom. The molecule has 0 bridgehead atoms. The Labute approximate surface area is 197 Å². The van der Waals surface area contributed by atoms with E-state index in [0.29, 0.717) is 46.6 Å². The van der Waals surface area contributed by atoms with Crippen molar-refractivity contribution in [3.63, 3.8) is 0 Å². The molecule has 7 nitrogen and oxygen atoms in total. The van der Waals surface area contributed by atoms with Crippen molar-refractivity contribution in [1.29, 1.82) is 5.26 Å². The van der Waals surface area contributed by atoms with Gasteiger partial charge in [0.25, 0.3) is 0 Å². The summed E-state index contributed by atoms with van der Waals surface area (Å²) in [6, 6.07) is 14.8. The van der Waals surface area contributed by atoms with Crippen molar-refractivity contribution in [2.75, 3.05) is 26.1 Å². The second kappa shape index (κ2) is 9.38. The Balaban J connectivity index is 1.72. The van der Waals surface area contributed by atoms with Gasteiger partial charge in [0.15, 0.2) is 17.2 Å². The smallest absolute Gasteiger partial charge is 0.231 e. The van der Waals surface area contributed by atoms with Gasteiger partial charge in [-0.3, -0.25) is 9.69 Å². The molecule has 2 atom stereocenters. The third-order valence-corrected chi connectivity index (χ3v) is 7.05. The van der Waals surface area contributed by atoms with Gasteiger partial charge in [0.1, 0.15) is 5.75 Å². The molecule has 0 saturated carbocycles. The summed E-state index contributed by atoms with van der Waals surface area (Å²) >= 11 is 1.32. The van der Waals surface area contributed by atoms with Crippen molar-refractivity contribution < 1.29 is 24.1 Å². The summed E-state index contributed by atoms with van der Waals surface area (Å²) in [5.74, 6) is 1.44. The van der Waals surface area contributed by atoms with Gasteiger partial charge in [0.2, 0.25) is 5.91 Å². The summed E-state index contributed by atoms with van der Waals surface area (Å²) in [6.45, 7) is 4.84. The fourth-order valence-corrected chi connectivity index (χ4v) is 5.64. The highest BCUT2D eigenvalue weighted by atomic mass is 32.2. The molecule has 1 N–H and O–H groups in total. The highest BCUT2D eigenvalue weighted by Gasteiger charge is 2.51. The predicted octanol–water partition coefficient (Wildman–Crippen LogP) is 4.14. The second-order valence-electron chi connectivity index (χ2n) is 7.72. The number of ether oxygens (including phenoxy) is 3. The van der Waals surface area contributed by atoms with Gasteiger partial charge in [-0.25, -0.2) is 0 Å². The number of hydrogen-bond acceptors (Lipinski definition) is 7. The molecule has 2 aliphatic heterocycles. The minimum Gasteiger partial charge on any atom is -0.494 e. The number of rotatable bonds is 7. The number of aliphatic hydroxyl groups is 1. The Hall–Kier alpha value is -3.15. The maximum absolute atomic E-state index is 13.3. The Kier molecular flexibility index (Phi) is 6.54.